The van der Waals surface area contributed by atoms with Crippen LogP contribution in [0.15, 0.2) is 4.99 Å². The van der Waals surface area contributed by atoms with Crippen molar-refractivity contribution in [2.24, 2.45) is 4.99 Å². The lowest BCUT2D eigenvalue weighted by Crippen LogP contribution is -2.39. The van der Waals surface area contributed by atoms with Crippen molar-refractivity contribution in [3.05, 3.63) is 0 Å². The summed E-state index contributed by atoms with van der Waals surface area (Å²) in [6.07, 6.45) is 6.12. The number of hydrogen-bond donors (Lipinski definition) is 1. The van der Waals surface area contributed by atoms with Crippen LogP contribution >= 0.6 is 11.8 Å². The van der Waals surface area contributed by atoms with Crippen molar-refractivity contribution in [1.29, 1.82) is 0 Å². The lowest BCUT2D eigenvalue weighted by molar-refractivity contribution is -0.129. The maximum absolute atomic E-state index is 12.1. The highest BCUT2D eigenvalue weighted by molar-refractivity contribution is 8.15. The van der Waals surface area contributed by atoms with Crippen LogP contribution in [0.1, 0.15) is 38.5 Å². The zero-order valence-electron chi connectivity index (χ0n) is 10.9. The van der Waals surface area contributed by atoms with Gasteiger partial charge in [0.05, 0.1) is 6.54 Å². The van der Waals surface area contributed by atoms with E-state index in [1.165, 1.54) is 31.0 Å². The van der Waals surface area contributed by atoms with E-state index in [2.05, 4.69) is 10.3 Å². The van der Waals surface area contributed by atoms with Crippen molar-refractivity contribution in [1.82, 2.24) is 10.2 Å². The Morgan fingerprint density at radius 2 is 2.16 bits per heavy atom. The van der Waals surface area contributed by atoms with Gasteiger partial charge in [0.2, 0.25) is 11.8 Å². The summed E-state index contributed by atoms with van der Waals surface area (Å²) in [5.41, 5.74) is 0. The topological polar surface area (TPSA) is 61.8 Å². The molecule has 0 radical (unpaired) electrons. The Kier molecular flexibility index (Phi) is 3.77. The van der Waals surface area contributed by atoms with E-state index in [1.807, 2.05) is 0 Å². The second kappa shape index (κ2) is 5.53. The van der Waals surface area contributed by atoms with E-state index < -0.39 is 0 Å². The van der Waals surface area contributed by atoms with Gasteiger partial charge in [-0.05, 0) is 12.8 Å². The fraction of sp³-hybridized carbons (Fsp3) is 0.769. The Hall–Kier alpha value is -1.04. The van der Waals surface area contributed by atoms with Crippen molar-refractivity contribution in [2.45, 2.75) is 49.8 Å². The first-order valence-electron chi connectivity index (χ1n) is 7.06. The molecule has 1 aliphatic carbocycles. The largest absolute Gasteiger partial charge is 0.353 e. The molecular weight excluding hydrogens is 262 g/mol. The van der Waals surface area contributed by atoms with Gasteiger partial charge in [0.25, 0.3) is 0 Å². The summed E-state index contributed by atoms with van der Waals surface area (Å²) in [6, 6.07) is 0.319. The van der Waals surface area contributed by atoms with E-state index in [-0.39, 0.29) is 23.5 Å². The molecule has 2 amide bonds. The summed E-state index contributed by atoms with van der Waals surface area (Å²) in [6.45, 7) is 1.39. The number of carbonyl (C=O) groups is 2. The quantitative estimate of drug-likeness (QED) is 0.844. The van der Waals surface area contributed by atoms with Gasteiger partial charge in [-0.3, -0.25) is 19.5 Å². The number of nitrogens with zero attached hydrogens (tertiary/aromatic N) is 2. The second-order valence-electron chi connectivity index (χ2n) is 5.37. The molecule has 0 aromatic rings. The number of rotatable bonds is 3. The van der Waals surface area contributed by atoms with Crippen LogP contribution < -0.4 is 5.32 Å². The molecular formula is C13H19N3O2S. The van der Waals surface area contributed by atoms with E-state index in [0.717, 1.165) is 18.0 Å². The first-order chi connectivity index (χ1) is 9.24. The maximum Gasteiger partial charge on any atom is 0.242 e. The molecule has 1 saturated heterocycles. The van der Waals surface area contributed by atoms with Crippen LogP contribution in [0.5, 0.6) is 0 Å². The van der Waals surface area contributed by atoms with Crippen LogP contribution in [-0.4, -0.2) is 46.3 Å². The van der Waals surface area contributed by atoms with Crippen molar-refractivity contribution in [2.75, 3.05) is 13.1 Å². The highest BCUT2D eigenvalue weighted by Crippen LogP contribution is 2.31. The normalized spacial score (nSPS) is 27.4. The molecule has 0 spiro atoms. The minimum absolute atomic E-state index is 0.0134. The Balaban J connectivity index is 1.51. The summed E-state index contributed by atoms with van der Waals surface area (Å²) in [5.74, 6) is 0.0690. The summed E-state index contributed by atoms with van der Waals surface area (Å²) < 4.78 is 0. The monoisotopic (exact) mass is 281 g/mol. The third kappa shape index (κ3) is 2.78. The van der Waals surface area contributed by atoms with Crippen LogP contribution in [0.2, 0.25) is 0 Å². The fourth-order valence-electron chi connectivity index (χ4n) is 2.91. The molecule has 3 rings (SSSR count). The molecule has 3 aliphatic rings. The molecule has 1 saturated carbocycles. The van der Waals surface area contributed by atoms with Gasteiger partial charge in [-0.15, -0.1) is 0 Å². The van der Waals surface area contributed by atoms with Crippen molar-refractivity contribution < 1.29 is 9.59 Å². The molecule has 0 aromatic carbocycles. The summed E-state index contributed by atoms with van der Waals surface area (Å²) in [7, 11) is 0. The maximum atomic E-state index is 12.1. The third-order valence-electron chi connectivity index (χ3n) is 3.93. The molecule has 19 heavy (non-hydrogen) atoms. The van der Waals surface area contributed by atoms with E-state index in [0.29, 0.717) is 19.1 Å². The molecule has 6 heteroatoms. The van der Waals surface area contributed by atoms with Gasteiger partial charge in [0.15, 0.2) is 5.17 Å². The molecule has 2 heterocycles. The average Bonchev–Trinajstić information content (AvgIpc) is 2.96. The van der Waals surface area contributed by atoms with Crippen molar-refractivity contribution in [3.63, 3.8) is 0 Å². The number of thioether (sulfide) groups is 1. The summed E-state index contributed by atoms with van der Waals surface area (Å²) in [5, 5.41) is 3.61. The fourth-order valence-corrected chi connectivity index (χ4v) is 4.11. The Morgan fingerprint density at radius 3 is 2.89 bits per heavy atom. The molecule has 1 unspecified atom stereocenters. The standard InChI is InChI=1S/C13H19N3O2S/c17-11(15-9-4-2-1-3-5-9)8-10-12(18)16-7-6-14-13(16)19-10/h9-10H,1-8H2,(H,15,17). The number of amides is 2. The Labute approximate surface area is 117 Å². The van der Waals surface area contributed by atoms with E-state index >= 15 is 0 Å². The van der Waals surface area contributed by atoms with Gasteiger partial charge >= 0.3 is 0 Å². The predicted octanol–water partition coefficient (Wildman–Crippen LogP) is 1.14. The first-order valence-corrected chi connectivity index (χ1v) is 7.94. The molecule has 1 atom stereocenters. The van der Waals surface area contributed by atoms with E-state index in [9.17, 15) is 9.59 Å². The third-order valence-corrected chi connectivity index (χ3v) is 5.14. The smallest absolute Gasteiger partial charge is 0.242 e. The van der Waals surface area contributed by atoms with Crippen LogP contribution in [-0.2, 0) is 9.59 Å². The average molecular weight is 281 g/mol. The van der Waals surface area contributed by atoms with Gasteiger partial charge in [-0.25, -0.2) is 0 Å². The summed E-state index contributed by atoms with van der Waals surface area (Å²) >= 11 is 1.45. The van der Waals surface area contributed by atoms with Crippen molar-refractivity contribution >= 4 is 28.7 Å². The highest BCUT2D eigenvalue weighted by atomic mass is 32.2. The molecule has 1 N–H and O–H groups in total. The number of hydrogen-bond acceptors (Lipinski definition) is 4. The SMILES string of the molecule is O=C(CC1SC2=NCCN2C1=O)NC1CCCCC1. The van der Waals surface area contributed by atoms with Crippen LogP contribution in [0.4, 0.5) is 0 Å². The van der Waals surface area contributed by atoms with Crippen LogP contribution in [0.25, 0.3) is 0 Å². The van der Waals surface area contributed by atoms with Crippen molar-refractivity contribution in [3.8, 4) is 0 Å². The van der Waals surface area contributed by atoms with Gasteiger partial charge in [0, 0.05) is 19.0 Å². The first kappa shape index (κ1) is 13.0. The highest BCUT2D eigenvalue weighted by Gasteiger charge is 2.40. The van der Waals surface area contributed by atoms with E-state index in [1.54, 1.807) is 4.90 Å². The molecule has 0 bridgehead atoms. The predicted molar refractivity (Wildman–Crippen MR) is 75.0 cm³/mol. The number of aliphatic imine (C=N–C) groups is 1. The zero-order chi connectivity index (χ0) is 13.2. The number of fused-ring (bicyclic) bond motifs is 1. The lowest BCUT2D eigenvalue weighted by Gasteiger charge is -2.23. The van der Waals surface area contributed by atoms with Crippen LogP contribution in [0.3, 0.4) is 0 Å². The molecule has 0 aromatic heterocycles. The zero-order valence-corrected chi connectivity index (χ0v) is 11.7. The molecule has 5 nitrogen and oxygen atoms in total. The molecule has 104 valence electrons. The van der Waals surface area contributed by atoms with Gasteiger partial charge in [-0.1, -0.05) is 31.0 Å². The van der Waals surface area contributed by atoms with Crippen LogP contribution in [0, 0.1) is 0 Å². The molecule has 2 aliphatic heterocycles. The van der Waals surface area contributed by atoms with Gasteiger partial charge in [0.1, 0.15) is 5.25 Å². The van der Waals surface area contributed by atoms with E-state index in [4.69, 9.17) is 0 Å². The van der Waals surface area contributed by atoms with Gasteiger partial charge in [-0.2, -0.15) is 0 Å². The Morgan fingerprint density at radius 1 is 1.37 bits per heavy atom. The molecule has 2 fully saturated rings. The number of nitrogens with one attached hydrogen (secondary N) is 1. The number of amidine groups is 1. The second-order valence-corrected chi connectivity index (χ2v) is 6.54. The minimum Gasteiger partial charge on any atom is -0.353 e. The Bertz CT molecular complexity index is 418. The number of carbonyl (C=O) groups excluding carboxylic acids is 2. The summed E-state index contributed by atoms with van der Waals surface area (Å²) in [4.78, 5) is 30.0. The lowest BCUT2D eigenvalue weighted by atomic mass is 9.95. The van der Waals surface area contributed by atoms with Gasteiger partial charge < -0.3 is 5.32 Å². The minimum atomic E-state index is -0.261.